The molecule has 0 aliphatic heterocycles. The van der Waals surface area contributed by atoms with Gasteiger partial charge in [-0.25, -0.2) is 4.68 Å². The van der Waals surface area contributed by atoms with Gasteiger partial charge in [-0.05, 0) is 35.9 Å². The van der Waals surface area contributed by atoms with Crippen LogP contribution < -0.4 is 0 Å². The molecule has 2 aromatic heterocycles. The van der Waals surface area contributed by atoms with Gasteiger partial charge >= 0.3 is 0 Å². The highest BCUT2D eigenvalue weighted by Gasteiger charge is 2.24. The van der Waals surface area contributed by atoms with Crippen molar-refractivity contribution in [3.8, 4) is 16.8 Å². The molecule has 0 aliphatic rings. The Balaban J connectivity index is 1.54. The van der Waals surface area contributed by atoms with E-state index in [1.807, 2.05) is 47.1 Å². The second kappa shape index (κ2) is 7.23. The van der Waals surface area contributed by atoms with Crippen LogP contribution in [0.1, 0.15) is 26.5 Å². The average Bonchev–Trinajstić information content (AvgIpc) is 3.37. The summed E-state index contributed by atoms with van der Waals surface area (Å²) in [6.45, 7) is 6.56. The van der Waals surface area contributed by atoms with Crippen molar-refractivity contribution in [2.45, 2.75) is 26.2 Å². The monoisotopic (exact) mass is 450 g/mol. The summed E-state index contributed by atoms with van der Waals surface area (Å²) in [5.74, 6) is 0. The van der Waals surface area contributed by atoms with Gasteiger partial charge in [-0.3, -0.25) is 0 Å². The van der Waals surface area contributed by atoms with Crippen molar-refractivity contribution in [1.29, 1.82) is 0 Å². The summed E-state index contributed by atoms with van der Waals surface area (Å²) in [6, 6.07) is 28.8. The topological polar surface area (TPSA) is 31.0 Å². The first-order valence-corrected chi connectivity index (χ1v) is 11.5. The molecule has 33 heavy (non-hydrogen) atoms. The molecule has 0 saturated heterocycles. The van der Waals surface area contributed by atoms with Crippen LogP contribution >= 0.6 is 11.6 Å². The molecule has 2 heterocycles. The van der Waals surface area contributed by atoms with Gasteiger partial charge in [0.15, 0.2) is 0 Å². The van der Waals surface area contributed by atoms with Crippen LogP contribution in [0.25, 0.3) is 49.7 Å². The smallest absolute Gasteiger partial charge is 0.136 e. The molecule has 0 radical (unpaired) electrons. The fraction of sp³-hybridized carbons (Fsp3) is 0.138. The third-order valence-electron chi connectivity index (χ3n) is 6.19. The van der Waals surface area contributed by atoms with Gasteiger partial charge in [-0.15, -0.1) is 0 Å². The van der Waals surface area contributed by atoms with Crippen molar-refractivity contribution in [1.82, 2.24) is 9.78 Å². The van der Waals surface area contributed by atoms with E-state index in [1.54, 1.807) is 0 Å². The Labute approximate surface area is 197 Å². The highest BCUT2D eigenvalue weighted by Crippen LogP contribution is 2.38. The Kier molecular flexibility index (Phi) is 4.40. The molecule has 4 heteroatoms. The van der Waals surface area contributed by atoms with Crippen LogP contribution in [0, 0.1) is 0 Å². The lowest BCUT2D eigenvalue weighted by atomic mass is 9.90. The van der Waals surface area contributed by atoms with Crippen molar-refractivity contribution >= 4 is 44.4 Å². The van der Waals surface area contributed by atoms with Gasteiger partial charge in [0.2, 0.25) is 0 Å². The zero-order valence-corrected chi connectivity index (χ0v) is 19.5. The molecule has 0 spiro atoms. The van der Waals surface area contributed by atoms with Crippen molar-refractivity contribution in [3.05, 3.63) is 95.6 Å². The first-order valence-electron chi connectivity index (χ1n) is 11.1. The van der Waals surface area contributed by atoms with Crippen LogP contribution in [0.5, 0.6) is 0 Å². The lowest BCUT2D eigenvalue weighted by Gasteiger charge is -2.15. The molecule has 0 fully saturated rings. The summed E-state index contributed by atoms with van der Waals surface area (Å²) in [5, 5.41) is 9.06. The fourth-order valence-corrected chi connectivity index (χ4v) is 4.92. The largest absolute Gasteiger partial charge is 0.456 e. The van der Waals surface area contributed by atoms with Crippen LogP contribution in [-0.2, 0) is 5.41 Å². The molecule has 0 aliphatic carbocycles. The molecule has 4 aromatic carbocycles. The van der Waals surface area contributed by atoms with Crippen molar-refractivity contribution in [2.24, 2.45) is 0 Å². The lowest BCUT2D eigenvalue weighted by molar-refractivity contribution is 0.565. The first-order chi connectivity index (χ1) is 15.9. The van der Waals surface area contributed by atoms with Gasteiger partial charge in [0.05, 0.1) is 21.9 Å². The van der Waals surface area contributed by atoms with E-state index in [1.165, 1.54) is 0 Å². The van der Waals surface area contributed by atoms with E-state index >= 15 is 0 Å². The highest BCUT2D eigenvalue weighted by atomic mass is 35.5. The first kappa shape index (κ1) is 20.1. The van der Waals surface area contributed by atoms with E-state index in [2.05, 4.69) is 63.2 Å². The summed E-state index contributed by atoms with van der Waals surface area (Å²) >= 11 is 7.04. The number of hydrogen-bond acceptors (Lipinski definition) is 2. The second-order valence-electron chi connectivity index (χ2n) is 9.48. The lowest BCUT2D eigenvalue weighted by Crippen LogP contribution is -2.13. The van der Waals surface area contributed by atoms with E-state index in [0.717, 1.165) is 55.3 Å². The molecule has 0 atom stereocenters. The molecule has 0 bridgehead atoms. The summed E-state index contributed by atoms with van der Waals surface area (Å²) in [6.07, 6.45) is 0. The number of furan rings is 1. The maximum absolute atomic E-state index is 7.04. The van der Waals surface area contributed by atoms with E-state index in [0.29, 0.717) is 5.02 Å². The minimum Gasteiger partial charge on any atom is -0.456 e. The highest BCUT2D eigenvalue weighted by molar-refractivity contribution is 6.35. The SMILES string of the molecule is CC(C)(C)c1nn(-c2cccc(-c3ccc4c(c3)oc3ccccc34)c2Cl)c2ccccc12. The fourth-order valence-electron chi connectivity index (χ4n) is 4.60. The van der Waals surface area contributed by atoms with Gasteiger partial charge in [-0.1, -0.05) is 87.0 Å². The van der Waals surface area contributed by atoms with Gasteiger partial charge in [0.25, 0.3) is 0 Å². The summed E-state index contributed by atoms with van der Waals surface area (Å²) < 4.78 is 8.08. The van der Waals surface area contributed by atoms with Crippen LogP contribution in [-0.4, -0.2) is 9.78 Å². The number of aromatic nitrogens is 2. The van der Waals surface area contributed by atoms with E-state index < -0.39 is 0 Å². The predicted molar refractivity (Wildman–Crippen MR) is 137 cm³/mol. The van der Waals surface area contributed by atoms with E-state index in [9.17, 15) is 0 Å². The summed E-state index contributed by atoms with van der Waals surface area (Å²) in [7, 11) is 0. The molecule has 3 nitrogen and oxygen atoms in total. The van der Waals surface area contributed by atoms with Crippen LogP contribution in [0.4, 0.5) is 0 Å². The third kappa shape index (κ3) is 3.15. The molecule has 0 N–H and O–H groups in total. The van der Waals surface area contributed by atoms with E-state index in [-0.39, 0.29) is 5.41 Å². The second-order valence-corrected chi connectivity index (χ2v) is 9.85. The Hall–Kier alpha value is -3.56. The maximum Gasteiger partial charge on any atom is 0.136 e. The number of halogens is 1. The zero-order chi connectivity index (χ0) is 22.7. The molecule has 6 rings (SSSR count). The standard InChI is InChI=1S/C29H23ClN2O/c1-29(2,3)28-22-10-4-6-12-23(22)32(31-28)24-13-8-11-19(27(24)30)18-15-16-21-20-9-5-7-14-25(20)33-26(21)17-18/h4-17H,1-3H3. The summed E-state index contributed by atoms with van der Waals surface area (Å²) in [5.41, 5.74) is 6.61. The molecule has 162 valence electrons. The van der Waals surface area contributed by atoms with Crippen molar-refractivity contribution in [2.75, 3.05) is 0 Å². The molecule has 0 unspecified atom stereocenters. The van der Waals surface area contributed by atoms with Gasteiger partial charge in [0, 0.05) is 27.1 Å². The molecular weight excluding hydrogens is 428 g/mol. The number of para-hydroxylation sites is 2. The van der Waals surface area contributed by atoms with Gasteiger partial charge < -0.3 is 4.42 Å². The Morgan fingerprint density at radius 1 is 0.758 bits per heavy atom. The van der Waals surface area contributed by atoms with Gasteiger partial charge in [0.1, 0.15) is 11.2 Å². The number of nitrogens with zero attached hydrogens (tertiary/aromatic N) is 2. The maximum atomic E-state index is 7.04. The minimum absolute atomic E-state index is 0.0821. The zero-order valence-electron chi connectivity index (χ0n) is 18.8. The van der Waals surface area contributed by atoms with Crippen LogP contribution in [0.15, 0.2) is 89.3 Å². The molecular formula is C29H23ClN2O. The number of fused-ring (bicyclic) bond motifs is 4. The Morgan fingerprint density at radius 3 is 2.30 bits per heavy atom. The van der Waals surface area contributed by atoms with Gasteiger partial charge in [-0.2, -0.15) is 5.10 Å². The summed E-state index contributed by atoms with van der Waals surface area (Å²) in [4.78, 5) is 0. The van der Waals surface area contributed by atoms with Crippen LogP contribution in [0.3, 0.4) is 0 Å². The van der Waals surface area contributed by atoms with Crippen molar-refractivity contribution in [3.63, 3.8) is 0 Å². The number of hydrogen-bond donors (Lipinski definition) is 0. The Morgan fingerprint density at radius 2 is 1.48 bits per heavy atom. The third-order valence-corrected chi connectivity index (χ3v) is 6.59. The van der Waals surface area contributed by atoms with E-state index in [4.69, 9.17) is 21.1 Å². The average molecular weight is 451 g/mol. The predicted octanol–water partition coefficient (Wildman–Crippen LogP) is 8.54. The van der Waals surface area contributed by atoms with Crippen molar-refractivity contribution < 1.29 is 4.42 Å². The van der Waals surface area contributed by atoms with Crippen LogP contribution in [0.2, 0.25) is 5.02 Å². The normalized spacial score (nSPS) is 12.2. The quantitative estimate of drug-likeness (QED) is 0.264. The number of rotatable bonds is 2. The number of benzene rings is 4. The molecule has 0 saturated carbocycles. The molecule has 0 amide bonds. The minimum atomic E-state index is -0.0821. The molecule has 6 aromatic rings. The Bertz CT molecular complexity index is 1670.